The summed E-state index contributed by atoms with van der Waals surface area (Å²) in [4.78, 5) is 16.0. The van der Waals surface area contributed by atoms with Gasteiger partial charge in [-0.2, -0.15) is 0 Å². The Bertz CT molecular complexity index is 450. The summed E-state index contributed by atoms with van der Waals surface area (Å²) in [5.74, 6) is 0.963. The Morgan fingerprint density at radius 1 is 1.47 bits per heavy atom. The van der Waals surface area contributed by atoms with E-state index in [2.05, 4.69) is 18.8 Å². The van der Waals surface area contributed by atoms with E-state index in [1.807, 2.05) is 11.9 Å². The Balaban J connectivity index is 2.70. The van der Waals surface area contributed by atoms with Gasteiger partial charge in [-0.1, -0.05) is 13.8 Å². The normalized spacial score (nSPS) is 12.5. The summed E-state index contributed by atoms with van der Waals surface area (Å²) in [5, 5.41) is 10.6. The number of rotatable bonds is 6. The molecule has 7 heteroatoms. The van der Waals surface area contributed by atoms with Gasteiger partial charge in [-0.05, 0) is 18.4 Å². The highest BCUT2D eigenvalue weighted by molar-refractivity contribution is 5.57. The third-order valence-corrected chi connectivity index (χ3v) is 3.13. The van der Waals surface area contributed by atoms with E-state index in [0.29, 0.717) is 11.7 Å². The first-order valence-corrected chi connectivity index (χ1v) is 6.20. The minimum Gasteiger partial charge on any atom is -0.378 e. The predicted octanol–water partition coefficient (Wildman–Crippen LogP) is 1.38. The van der Waals surface area contributed by atoms with E-state index in [1.165, 1.54) is 6.07 Å². The fourth-order valence-electron chi connectivity index (χ4n) is 1.61. The van der Waals surface area contributed by atoms with Crippen LogP contribution in [0.1, 0.15) is 20.3 Å². The highest BCUT2D eigenvalue weighted by Gasteiger charge is 2.15. The largest absolute Gasteiger partial charge is 0.378 e. The Hall–Kier alpha value is -1.89. The topological polar surface area (TPSA) is 111 Å². The SMILES string of the molecule is CC(C)C(N)CCN(C)c1ccc([N+](=O)[O-])c(N)n1. The van der Waals surface area contributed by atoms with Gasteiger partial charge >= 0.3 is 5.69 Å². The fourth-order valence-corrected chi connectivity index (χ4v) is 1.61. The summed E-state index contributed by atoms with van der Waals surface area (Å²) >= 11 is 0. The molecule has 7 nitrogen and oxygen atoms in total. The smallest absolute Gasteiger partial charge is 0.311 e. The Labute approximate surface area is 112 Å². The molecule has 0 spiro atoms. The first kappa shape index (κ1) is 15.2. The summed E-state index contributed by atoms with van der Waals surface area (Å²) in [6.07, 6.45) is 0.826. The van der Waals surface area contributed by atoms with Gasteiger partial charge in [-0.25, -0.2) is 4.98 Å². The number of nitro groups is 1. The molecule has 19 heavy (non-hydrogen) atoms. The molecule has 0 bridgehead atoms. The average molecular weight is 267 g/mol. The number of hydrogen-bond acceptors (Lipinski definition) is 6. The summed E-state index contributed by atoms with van der Waals surface area (Å²) in [6.45, 7) is 4.88. The molecule has 1 atom stereocenters. The lowest BCUT2D eigenvalue weighted by atomic mass is 10.0. The molecule has 0 aliphatic rings. The first-order valence-electron chi connectivity index (χ1n) is 6.20. The van der Waals surface area contributed by atoms with Gasteiger partial charge in [0.1, 0.15) is 5.82 Å². The number of hydrogen-bond donors (Lipinski definition) is 2. The molecule has 1 heterocycles. The van der Waals surface area contributed by atoms with Crippen LogP contribution >= 0.6 is 0 Å². The van der Waals surface area contributed by atoms with Crippen molar-refractivity contribution in [2.45, 2.75) is 26.3 Å². The summed E-state index contributed by atoms with van der Waals surface area (Å²) in [5.41, 5.74) is 11.4. The second kappa shape index (κ2) is 6.33. The molecule has 0 radical (unpaired) electrons. The lowest BCUT2D eigenvalue weighted by Gasteiger charge is -2.22. The molecular formula is C12H21N5O2. The molecule has 106 valence electrons. The van der Waals surface area contributed by atoms with Crippen molar-refractivity contribution >= 4 is 17.3 Å². The Morgan fingerprint density at radius 2 is 2.11 bits per heavy atom. The maximum absolute atomic E-state index is 10.6. The lowest BCUT2D eigenvalue weighted by Crippen LogP contribution is -2.32. The number of aromatic nitrogens is 1. The van der Waals surface area contributed by atoms with Crippen LogP contribution in [-0.4, -0.2) is 29.5 Å². The highest BCUT2D eigenvalue weighted by atomic mass is 16.6. The molecule has 1 aromatic heterocycles. The van der Waals surface area contributed by atoms with E-state index in [0.717, 1.165) is 13.0 Å². The van der Waals surface area contributed by atoms with Gasteiger partial charge in [0.05, 0.1) is 4.92 Å². The van der Waals surface area contributed by atoms with Crippen molar-refractivity contribution in [2.24, 2.45) is 11.7 Å². The van der Waals surface area contributed by atoms with Crippen LogP contribution in [-0.2, 0) is 0 Å². The van der Waals surface area contributed by atoms with E-state index >= 15 is 0 Å². The van der Waals surface area contributed by atoms with E-state index in [4.69, 9.17) is 11.5 Å². The van der Waals surface area contributed by atoms with Crippen molar-refractivity contribution in [3.05, 3.63) is 22.2 Å². The van der Waals surface area contributed by atoms with Gasteiger partial charge in [-0.15, -0.1) is 0 Å². The zero-order valence-corrected chi connectivity index (χ0v) is 11.5. The first-order chi connectivity index (χ1) is 8.82. The van der Waals surface area contributed by atoms with Crippen LogP contribution in [0.5, 0.6) is 0 Å². The van der Waals surface area contributed by atoms with Crippen LogP contribution in [0.3, 0.4) is 0 Å². The van der Waals surface area contributed by atoms with Gasteiger partial charge in [0.25, 0.3) is 0 Å². The van der Waals surface area contributed by atoms with Crippen molar-refractivity contribution in [3.63, 3.8) is 0 Å². The van der Waals surface area contributed by atoms with E-state index < -0.39 is 4.92 Å². The quantitative estimate of drug-likeness (QED) is 0.595. The number of nitrogen functional groups attached to an aromatic ring is 1. The van der Waals surface area contributed by atoms with Crippen molar-refractivity contribution in [1.29, 1.82) is 0 Å². The predicted molar refractivity (Wildman–Crippen MR) is 76.0 cm³/mol. The van der Waals surface area contributed by atoms with Crippen LogP contribution in [0.15, 0.2) is 12.1 Å². The third kappa shape index (κ3) is 4.06. The fraction of sp³-hybridized carbons (Fsp3) is 0.583. The Morgan fingerprint density at radius 3 is 2.58 bits per heavy atom. The van der Waals surface area contributed by atoms with Crippen LogP contribution < -0.4 is 16.4 Å². The molecule has 0 aromatic carbocycles. The second-order valence-corrected chi connectivity index (χ2v) is 4.95. The van der Waals surface area contributed by atoms with Crippen molar-refractivity contribution in [2.75, 3.05) is 24.2 Å². The van der Waals surface area contributed by atoms with Crippen molar-refractivity contribution < 1.29 is 4.92 Å². The second-order valence-electron chi connectivity index (χ2n) is 4.95. The molecule has 0 saturated heterocycles. The lowest BCUT2D eigenvalue weighted by molar-refractivity contribution is -0.384. The van der Waals surface area contributed by atoms with Gasteiger partial charge in [0.15, 0.2) is 0 Å². The molecule has 0 aliphatic heterocycles. The van der Waals surface area contributed by atoms with Crippen LogP contribution in [0.25, 0.3) is 0 Å². The molecule has 1 unspecified atom stereocenters. The molecule has 0 fully saturated rings. The van der Waals surface area contributed by atoms with Gasteiger partial charge in [-0.3, -0.25) is 10.1 Å². The van der Waals surface area contributed by atoms with Crippen LogP contribution in [0.2, 0.25) is 0 Å². The van der Waals surface area contributed by atoms with Crippen molar-refractivity contribution in [3.8, 4) is 0 Å². The van der Waals surface area contributed by atoms with Gasteiger partial charge in [0, 0.05) is 25.7 Å². The minimum absolute atomic E-state index is 0.0671. The maximum Gasteiger partial charge on any atom is 0.311 e. The number of anilines is 2. The molecule has 1 aromatic rings. The number of pyridine rings is 1. The monoisotopic (exact) mass is 267 g/mol. The van der Waals surface area contributed by atoms with E-state index in [1.54, 1.807) is 6.07 Å². The van der Waals surface area contributed by atoms with Crippen LogP contribution in [0, 0.1) is 16.0 Å². The standard InChI is InChI=1S/C12H21N5O2/c1-8(2)9(13)6-7-16(3)11-5-4-10(17(18)19)12(14)15-11/h4-5,8-9H,6-7,13H2,1-3H3,(H2,14,15). The number of nitrogens with two attached hydrogens (primary N) is 2. The average Bonchev–Trinajstić information content (AvgIpc) is 2.34. The summed E-state index contributed by atoms with van der Waals surface area (Å²) in [7, 11) is 1.86. The molecule has 0 amide bonds. The number of nitrogens with zero attached hydrogens (tertiary/aromatic N) is 3. The summed E-state index contributed by atoms with van der Waals surface area (Å²) < 4.78 is 0. The van der Waals surface area contributed by atoms with Crippen LogP contribution in [0.4, 0.5) is 17.3 Å². The van der Waals surface area contributed by atoms with E-state index in [-0.39, 0.29) is 17.5 Å². The highest BCUT2D eigenvalue weighted by Crippen LogP contribution is 2.22. The molecule has 0 saturated carbocycles. The summed E-state index contributed by atoms with van der Waals surface area (Å²) in [6, 6.07) is 3.09. The molecule has 1 rings (SSSR count). The van der Waals surface area contributed by atoms with E-state index in [9.17, 15) is 10.1 Å². The van der Waals surface area contributed by atoms with Crippen molar-refractivity contribution in [1.82, 2.24) is 4.98 Å². The van der Waals surface area contributed by atoms with Gasteiger partial charge in [0.2, 0.25) is 5.82 Å². The zero-order valence-electron chi connectivity index (χ0n) is 11.5. The Kier molecular flexibility index (Phi) is 5.05. The molecule has 4 N–H and O–H groups in total. The third-order valence-electron chi connectivity index (χ3n) is 3.13. The maximum atomic E-state index is 10.6. The zero-order chi connectivity index (χ0) is 14.6. The molecule has 0 aliphatic carbocycles. The van der Waals surface area contributed by atoms with Gasteiger partial charge < -0.3 is 16.4 Å². The minimum atomic E-state index is -0.541. The molecular weight excluding hydrogens is 246 g/mol.